The van der Waals surface area contributed by atoms with E-state index in [0.717, 1.165) is 30.3 Å². The van der Waals surface area contributed by atoms with Crippen molar-refractivity contribution >= 4 is 29.2 Å². The van der Waals surface area contributed by atoms with Crippen LogP contribution in [0.25, 0.3) is 0 Å². The average molecular weight is 445 g/mol. The molecule has 0 radical (unpaired) electrons. The summed E-state index contributed by atoms with van der Waals surface area (Å²) >= 11 is 5.64. The SMILES string of the molecule is O=C(COc1ccc(Cl)c(F)c1)NC12CC(NC(=O)C3CCc4cccnc4N3)(C1)C2. The smallest absolute Gasteiger partial charge is 0.258 e. The number of rotatable bonds is 6. The highest BCUT2D eigenvalue weighted by atomic mass is 35.5. The Morgan fingerprint density at radius 1 is 1.23 bits per heavy atom. The Kier molecular flexibility index (Phi) is 4.77. The number of hydrogen-bond donors (Lipinski definition) is 3. The van der Waals surface area contributed by atoms with Crippen LogP contribution in [0.15, 0.2) is 36.5 Å². The van der Waals surface area contributed by atoms with Crippen LogP contribution < -0.4 is 20.7 Å². The number of carbonyl (C=O) groups is 2. The predicted octanol–water partition coefficient (Wildman–Crippen LogP) is 2.59. The molecule has 2 bridgehead atoms. The molecule has 31 heavy (non-hydrogen) atoms. The number of nitrogens with one attached hydrogen (secondary N) is 3. The summed E-state index contributed by atoms with van der Waals surface area (Å²) in [5.41, 5.74) is 0.603. The number of halogens is 2. The molecule has 1 aromatic carbocycles. The molecule has 1 atom stereocenters. The van der Waals surface area contributed by atoms with Gasteiger partial charge in [0, 0.05) is 23.3 Å². The summed E-state index contributed by atoms with van der Waals surface area (Å²) < 4.78 is 18.8. The van der Waals surface area contributed by atoms with Crippen LogP contribution in [-0.2, 0) is 16.0 Å². The molecule has 3 aliphatic carbocycles. The van der Waals surface area contributed by atoms with Crippen molar-refractivity contribution < 1.29 is 18.7 Å². The Morgan fingerprint density at radius 2 is 2.00 bits per heavy atom. The molecular weight excluding hydrogens is 423 g/mol. The number of pyridine rings is 1. The number of aromatic nitrogens is 1. The third kappa shape index (κ3) is 3.80. The first-order valence-corrected chi connectivity index (χ1v) is 10.6. The maximum atomic E-state index is 13.4. The number of carbonyl (C=O) groups excluding carboxylic acids is 2. The zero-order valence-corrected chi connectivity index (χ0v) is 17.5. The molecule has 162 valence electrons. The van der Waals surface area contributed by atoms with E-state index in [1.165, 1.54) is 12.1 Å². The second-order valence-corrected chi connectivity index (χ2v) is 9.15. The van der Waals surface area contributed by atoms with Gasteiger partial charge < -0.3 is 20.7 Å². The van der Waals surface area contributed by atoms with Crippen molar-refractivity contribution in [2.24, 2.45) is 0 Å². The molecule has 2 aromatic rings. The van der Waals surface area contributed by atoms with E-state index < -0.39 is 5.82 Å². The second-order valence-electron chi connectivity index (χ2n) is 8.74. The van der Waals surface area contributed by atoms with Crippen LogP contribution in [0.3, 0.4) is 0 Å². The van der Waals surface area contributed by atoms with Crippen LogP contribution >= 0.6 is 11.6 Å². The molecule has 0 saturated heterocycles. The lowest BCUT2D eigenvalue weighted by atomic mass is 9.44. The van der Waals surface area contributed by atoms with Gasteiger partial charge in [0.05, 0.1) is 5.02 Å². The van der Waals surface area contributed by atoms with Crippen LogP contribution in [0.4, 0.5) is 10.2 Å². The molecule has 2 amide bonds. The van der Waals surface area contributed by atoms with Gasteiger partial charge in [-0.3, -0.25) is 9.59 Å². The number of aryl methyl sites for hydroxylation is 1. The summed E-state index contributed by atoms with van der Waals surface area (Å²) in [4.78, 5) is 29.3. The van der Waals surface area contributed by atoms with Gasteiger partial charge in [-0.25, -0.2) is 9.37 Å². The summed E-state index contributed by atoms with van der Waals surface area (Å²) in [5, 5.41) is 9.37. The van der Waals surface area contributed by atoms with Crippen molar-refractivity contribution in [3.63, 3.8) is 0 Å². The lowest BCUT2D eigenvalue weighted by molar-refractivity contribution is -0.150. The topological polar surface area (TPSA) is 92.4 Å². The molecule has 3 fully saturated rings. The molecule has 0 spiro atoms. The van der Waals surface area contributed by atoms with E-state index in [2.05, 4.69) is 20.9 Å². The molecule has 9 heteroatoms. The van der Waals surface area contributed by atoms with E-state index in [1.807, 2.05) is 12.1 Å². The van der Waals surface area contributed by atoms with E-state index >= 15 is 0 Å². The maximum absolute atomic E-state index is 13.4. The number of anilines is 1. The van der Waals surface area contributed by atoms with E-state index in [-0.39, 0.29) is 46.3 Å². The van der Waals surface area contributed by atoms with Gasteiger partial charge in [0.1, 0.15) is 23.4 Å². The highest BCUT2D eigenvalue weighted by Gasteiger charge is 2.69. The summed E-state index contributed by atoms with van der Waals surface area (Å²) in [6.07, 6.45) is 5.37. The fraction of sp³-hybridized carbons (Fsp3) is 0.409. The fourth-order valence-corrected chi connectivity index (χ4v) is 5.07. The van der Waals surface area contributed by atoms with Gasteiger partial charge in [0.15, 0.2) is 6.61 Å². The zero-order chi connectivity index (χ0) is 21.6. The molecule has 2 heterocycles. The Bertz CT molecular complexity index is 1040. The number of ether oxygens (including phenoxy) is 1. The Hall–Kier alpha value is -2.87. The standard InChI is InChI=1S/C22H22ClFN4O3/c23-15-5-4-14(8-16(15)24)31-9-18(29)27-21-10-22(11-21,12-21)28-20(30)17-6-3-13-2-1-7-25-19(13)26-17/h1-2,4-5,7-8,17H,3,6,9-12H2,(H,25,26)(H,27,29)(H,28,30). The van der Waals surface area contributed by atoms with Crippen LogP contribution in [-0.4, -0.2) is 40.5 Å². The molecule has 3 saturated carbocycles. The maximum Gasteiger partial charge on any atom is 0.258 e. The minimum atomic E-state index is -0.594. The van der Waals surface area contributed by atoms with Crippen molar-refractivity contribution in [3.05, 3.63) is 52.9 Å². The first-order chi connectivity index (χ1) is 14.9. The first kappa shape index (κ1) is 20.1. The van der Waals surface area contributed by atoms with Gasteiger partial charge in [0.2, 0.25) is 5.91 Å². The molecule has 3 N–H and O–H groups in total. The molecule has 1 unspecified atom stereocenters. The monoisotopic (exact) mass is 444 g/mol. The zero-order valence-electron chi connectivity index (χ0n) is 16.7. The third-order valence-corrected chi connectivity index (χ3v) is 6.61. The molecule has 4 aliphatic rings. The Balaban J connectivity index is 1.08. The molecule has 1 aliphatic heterocycles. The summed E-state index contributed by atoms with van der Waals surface area (Å²) in [5.74, 6) is 0.129. The largest absolute Gasteiger partial charge is 0.484 e. The lowest BCUT2D eigenvalue weighted by Gasteiger charge is -2.70. The summed E-state index contributed by atoms with van der Waals surface area (Å²) in [6.45, 7) is -0.208. The van der Waals surface area contributed by atoms with Gasteiger partial charge >= 0.3 is 0 Å². The van der Waals surface area contributed by atoms with E-state index in [1.54, 1.807) is 6.20 Å². The number of hydrogen-bond acceptors (Lipinski definition) is 5. The molecule has 6 rings (SSSR count). The van der Waals surface area contributed by atoms with Crippen molar-refractivity contribution in [1.29, 1.82) is 0 Å². The predicted molar refractivity (Wildman–Crippen MR) is 112 cm³/mol. The molecular formula is C22H22ClFN4O3. The number of amides is 2. The molecule has 7 nitrogen and oxygen atoms in total. The quantitative estimate of drug-likeness (QED) is 0.637. The Labute approximate surface area is 183 Å². The lowest BCUT2D eigenvalue weighted by Crippen LogP contribution is -2.84. The second kappa shape index (κ2) is 7.37. The van der Waals surface area contributed by atoms with Crippen LogP contribution in [0.5, 0.6) is 5.75 Å². The number of benzene rings is 1. The number of fused-ring (bicyclic) bond motifs is 1. The average Bonchev–Trinajstić information content (AvgIpc) is 2.71. The normalized spacial score (nSPS) is 27.6. The van der Waals surface area contributed by atoms with E-state index in [4.69, 9.17) is 16.3 Å². The van der Waals surface area contributed by atoms with Crippen LogP contribution in [0.1, 0.15) is 31.2 Å². The van der Waals surface area contributed by atoms with Crippen molar-refractivity contribution in [1.82, 2.24) is 15.6 Å². The van der Waals surface area contributed by atoms with Crippen LogP contribution in [0.2, 0.25) is 5.02 Å². The highest BCUT2D eigenvalue weighted by Crippen LogP contribution is 2.60. The van der Waals surface area contributed by atoms with E-state index in [0.29, 0.717) is 19.3 Å². The van der Waals surface area contributed by atoms with Gasteiger partial charge in [-0.1, -0.05) is 17.7 Å². The van der Waals surface area contributed by atoms with Crippen molar-refractivity contribution in [2.75, 3.05) is 11.9 Å². The van der Waals surface area contributed by atoms with Gasteiger partial charge in [-0.05, 0) is 55.9 Å². The number of nitrogens with zero attached hydrogens (tertiary/aromatic N) is 1. The van der Waals surface area contributed by atoms with Gasteiger partial charge in [-0.15, -0.1) is 0 Å². The van der Waals surface area contributed by atoms with Crippen molar-refractivity contribution in [2.45, 2.75) is 49.2 Å². The highest BCUT2D eigenvalue weighted by molar-refractivity contribution is 6.30. The van der Waals surface area contributed by atoms with Gasteiger partial charge in [-0.2, -0.15) is 0 Å². The van der Waals surface area contributed by atoms with Crippen LogP contribution in [0, 0.1) is 5.82 Å². The minimum absolute atomic E-state index is 0.00177. The Morgan fingerprint density at radius 3 is 2.77 bits per heavy atom. The van der Waals surface area contributed by atoms with Gasteiger partial charge in [0.25, 0.3) is 5.91 Å². The summed E-state index contributed by atoms with van der Waals surface area (Å²) in [7, 11) is 0. The fourth-order valence-electron chi connectivity index (χ4n) is 4.95. The first-order valence-electron chi connectivity index (χ1n) is 10.3. The van der Waals surface area contributed by atoms with E-state index in [9.17, 15) is 14.0 Å². The van der Waals surface area contributed by atoms with Crippen molar-refractivity contribution in [3.8, 4) is 5.75 Å². The minimum Gasteiger partial charge on any atom is -0.484 e. The molecule has 1 aromatic heterocycles. The third-order valence-electron chi connectivity index (χ3n) is 6.31. The summed E-state index contributed by atoms with van der Waals surface area (Å²) in [6, 6.07) is 7.66.